The Morgan fingerprint density at radius 2 is 1.69 bits per heavy atom. The van der Waals surface area contributed by atoms with Crippen LogP contribution in [0.3, 0.4) is 0 Å². The number of pyridine rings is 1. The molecule has 26 heavy (non-hydrogen) atoms. The van der Waals surface area contributed by atoms with Crippen molar-refractivity contribution in [2.45, 2.75) is 25.9 Å². The van der Waals surface area contributed by atoms with Crippen LogP contribution in [0.2, 0.25) is 0 Å². The molecule has 1 fully saturated rings. The summed E-state index contributed by atoms with van der Waals surface area (Å²) < 4.78 is 5.18. The number of nitrogens with one attached hydrogen (secondary N) is 2. The van der Waals surface area contributed by atoms with Crippen LogP contribution in [0, 0.1) is 0 Å². The Balaban J connectivity index is 1.47. The zero-order chi connectivity index (χ0) is 18.2. The maximum absolute atomic E-state index is 5.18. The molecule has 1 aliphatic heterocycles. The van der Waals surface area contributed by atoms with E-state index >= 15 is 0 Å². The summed E-state index contributed by atoms with van der Waals surface area (Å²) in [5.41, 5.74) is 2.31. The van der Waals surface area contributed by atoms with Gasteiger partial charge in [0.25, 0.3) is 0 Å². The van der Waals surface area contributed by atoms with E-state index in [1.54, 1.807) is 14.2 Å². The summed E-state index contributed by atoms with van der Waals surface area (Å²) in [6.45, 7) is 3.63. The van der Waals surface area contributed by atoms with E-state index in [2.05, 4.69) is 37.6 Å². The van der Waals surface area contributed by atoms with Crippen molar-refractivity contribution in [1.82, 2.24) is 15.6 Å². The molecule has 6 nitrogen and oxygen atoms in total. The van der Waals surface area contributed by atoms with Crippen LogP contribution in [0.5, 0.6) is 5.75 Å². The molecule has 0 unspecified atom stereocenters. The quantitative estimate of drug-likeness (QED) is 0.617. The molecule has 3 rings (SSSR count). The van der Waals surface area contributed by atoms with Gasteiger partial charge in [0.1, 0.15) is 11.6 Å². The van der Waals surface area contributed by atoms with Crippen molar-refractivity contribution >= 4 is 11.8 Å². The molecule has 2 heterocycles. The molecule has 0 bridgehead atoms. The van der Waals surface area contributed by atoms with Crippen molar-refractivity contribution in [2.24, 2.45) is 4.99 Å². The average Bonchev–Trinajstić information content (AvgIpc) is 3.24. The summed E-state index contributed by atoms with van der Waals surface area (Å²) in [6, 6.07) is 12.2. The van der Waals surface area contributed by atoms with Crippen LogP contribution < -0.4 is 20.3 Å². The van der Waals surface area contributed by atoms with Gasteiger partial charge < -0.3 is 20.3 Å². The van der Waals surface area contributed by atoms with Gasteiger partial charge in [0.2, 0.25) is 0 Å². The summed E-state index contributed by atoms with van der Waals surface area (Å²) >= 11 is 0. The number of guanidine groups is 1. The Labute approximate surface area is 155 Å². The highest BCUT2D eigenvalue weighted by Crippen LogP contribution is 2.17. The molecule has 0 saturated carbocycles. The second-order valence-corrected chi connectivity index (χ2v) is 6.35. The van der Waals surface area contributed by atoms with Crippen molar-refractivity contribution in [3.63, 3.8) is 0 Å². The van der Waals surface area contributed by atoms with E-state index in [0.29, 0.717) is 13.1 Å². The van der Waals surface area contributed by atoms with Crippen molar-refractivity contribution in [3.05, 3.63) is 53.7 Å². The Hall–Kier alpha value is -2.76. The predicted molar refractivity (Wildman–Crippen MR) is 106 cm³/mol. The normalized spacial score (nSPS) is 14.4. The van der Waals surface area contributed by atoms with Gasteiger partial charge in [-0.1, -0.05) is 18.2 Å². The number of aromatic nitrogens is 1. The molecule has 1 aromatic heterocycles. The smallest absolute Gasteiger partial charge is 0.191 e. The van der Waals surface area contributed by atoms with Gasteiger partial charge >= 0.3 is 0 Å². The molecule has 0 amide bonds. The van der Waals surface area contributed by atoms with E-state index in [4.69, 9.17) is 4.74 Å². The minimum Gasteiger partial charge on any atom is -0.497 e. The highest BCUT2D eigenvalue weighted by Gasteiger charge is 2.12. The van der Waals surface area contributed by atoms with Gasteiger partial charge in [-0.05, 0) is 42.2 Å². The van der Waals surface area contributed by atoms with Crippen LogP contribution in [0.1, 0.15) is 24.0 Å². The van der Waals surface area contributed by atoms with Gasteiger partial charge in [0, 0.05) is 39.4 Å². The molecule has 0 spiro atoms. The first-order chi connectivity index (χ1) is 12.8. The standard InChI is InChI=1S/C20H27N5O/c1-21-20(23-13-16-5-8-18(26-2)9-6-16)24-15-17-7-10-19(22-14-17)25-11-3-4-12-25/h5-10,14H,3-4,11-13,15H2,1-2H3,(H2,21,23,24). The summed E-state index contributed by atoms with van der Waals surface area (Å²) in [5.74, 6) is 2.71. The fourth-order valence-corrected chi connectivity index (χ4v) is 2.99. The van der Waals surface area contributed by atoms with E-state index in [-0.39, 0.29) is 0 Å². The number of hydrogen-bond donors (Lipinski definition) is 2. The Morgan fingerprint density at radius 3 is 2.27 bits per heavy atom. The van der Waals surface area contributed by atoms with Crippen molar-refractivity contribution in [1.29, 1.82) is 0 Å². The zero-order valence-electron chi connectivity index (χ0n) is 15.5. The Kier molecular flexibility index (Phi) is 6.30. The minimum atomic E-state index is 0.690. The molecular weight excluding hydrogens is 326 g/mol. The highest BCUT2D eigenvalue weighted by molar-refractivity contribution is 5.79. The average molecular weight is 353 g/mol. The third kappa shape index (κ3) is 4.88. The summed E-state index contributed by atoms with van der Waals surface area (Å²) in [6.07, 6.45) is 4.47. The van der Waals surface area contributed by atoms with E-state index in [0.717, 1.165) is 36.2 Å². The second-order valence-electron chi connectivity index (χ2n) is 6.35. The molecule has 1 saturated heterocycles. The van der Waals surface area contributed by atoms with Crippen molar-refractivity contribution in [2.75, 3.05) is 32.1 Å². The number of methoxy groups -OCH3 is 1. The fourth-order valence-electron chi connectivity index (χ4n) is 2.99. The zero-order valence-corrected chi connectivity index (χ0v) is 15.5. The number of hydrogen-bond acceptors (Lipinski definition) is 4. The molecule has 2 N–H and O–H groups in total. The van der Waals surface area contributed by atoms with Crippen LogP contribution in [0.25, 0.3) is 0 Å². The lowest BCUT2D eigenvalue weighted by Gasteiger charge is -2.16. The number of anilines is 1. The van der Waals surface area contributed by atoms with Gasteiger partial charge in [0.05, 0.1) is 7.11 Å². The SMILES string of the molecule is CN=C(NCc1ccc(OC)cc1)NCc1ccc(N2CCCC2)nc1. The molecule has 1 aromatic carbocycles. The van der Waals surface area contributed by atoms with Crippen molar-refractivity contribution < 1.29 is 4.74 Å². The summed E-state index contributed by atoms with van der Waals surface area (Å²) in [7, 11) is 3.45. The summed E-state index contributed by atoms with van der Waals surface area (Å²) in [5, 5.41) is 6.65. The summed E-state index contributed by atoms with van der Waals surface area (Å²) in [4.78, 5) is 11.2. The first-order valence-electron chi connectivity index (χ1n) is 9.06. The van der Waals surface area contributed by atoms with E-state index in [1.165, 1.54) is 18.4 Å². The van der Waals surface area contributed by atoms with Crippen LogP contribution in [0.4, 0.5) is 5.82 Å². The molecule has 0 aliphatic carbocycles. The van der Waals surface area contributed by atoms with Crippen molar-refractivity contribution in [3.8, 4) is 5.75 Å². The lowest BCUT2D eigenvalue weighted by Crippen LogP contribution is -2.36. The van der Waals surface area contributed by atoms with E-state index in [1.807, 2.05) is 30.5 Å². The molecular formula is C20H27N5O. The molecule has 138 valence electrons. The molecule has 1 aliphatic rings. The molecule has 0 atom stereocenters. The number of nitrogens with zero attached hydrogens (tertiary/aromatic N) is 3. The monoisotopic (exact) mass is 353 g/mol. The topological polar surface area (TPSA) is 61.8 Å². The number of rotatable bonds is 6. The number of ether oxygens (including phenoxy) is 1. The van der Waals surface area contributed by atoms with Gasteiger partial charge in [0.15, 0.2) is 5.96 Å². The molecule has 6 heteroatoms. The molecule has 2 aromatic rings. The van der Waals surface area contributed by atoms with Gasteiger partial charge in [-0.15, -0.1) is 0 Å². The third-order valence-corrected chi connectivity index (χ3v) is 4.54. The maximum atomic E-state index is 5.18. The van der Waals surface area contributed by atoms with Gasteiger partial charge in [-0.3, -0.25) is 4.99 Å². The van der Waals surface area contributed by atoms with Gasteiger partial charge in [-0.2, -0.15) is 0 Å². The largest absolute Gasteiger partial charge is 0.497 e. The van der Waals surface area contributed by atoms with E-state index < -0.39 is 0 Å². The Morgan fingerprint density at radius 1 is 1.04 bits per heavy atom. The first-order valence-corrected chi connectivity index (χ1v) is 9.06. The Bertz CT molecular complexity index is 706. The van der Waals surface area contributed by atoms with Crippen LogP contribution in [-0.2, 0) is 13.1 Å². The number of benzene rings is 1. The second kappa shape index (κ2) is 9.08. The lowest BCUT2D eigenvalue weighted by molar-refractivity contribution is 0.414. The lowest BCUT2D eigenvalue weighted by atomic mass is 10.2. The third-order valence-electron chi connectivity index (χ3n) is 4.54. The van der Waals surface area contributed by atoms with Gasteiger partial charge in [-0.25, -0.2) is 4.98 Å². The van der Waals surface area contributed by atoms with E-state index in [9.17, 15) is 0 Å². The number of aliphatic imine (C=N–C) groups is 1. The first kappa shape index (κ1) is 18.0. The molecule has 0 radical (unpaired) electrons. The van der Waals surface area contributed by atoms with Crippen LogP contribution in [-0.4, -0.2) is 38.2 Å². The highest BCUT2D eigenvalue weighted by atomic mass is 16.5. The van der Waals surface area contributed by atoms with Crippen LogP contribution >= 0.6 is 0 Å². The predicted octanol–water partition coefficient (Wildman–Crippen LogP) is 2.56. The fraction of sp³-hybridized carbons (Fsp3) is 0.400. The minimum absolute atomic E-state index is 0.690. The maximum Gasteiger partial charge on any atom is 0.191 e. The van der Waals surface area contributed by atoms with Crippen LogP contribution in [0.15, 0.2) is 47.6 Å².